The van der Waals surface area contributed by atoms with Gasteiger partial charge in [-0.25, -0.2) is 14.5 Å². The number of anilines is 1. The van der Waals surface area contributed by atoms with Crippen molar-refractivity contribution in [3.63, 3.8) is 0 Å². The zero-order chi connectivity index (χ0) is 21.0. The topological polar surface area (TPSA) is 137 Å². The molecular formula is C20H17N7O3. The lowest BCUT2D eigenvalue weighted by Gasteiger charge is -2.28. The third kappa shape index (κ3) is 2.33. The first-order chi connectivity index (χ1) is 14.4. The summed E-state index contributed by atoms with van der Waals surface area (Å²) in [6, 6.07) is 10.7. The van der Waals surface area contributed by atoms with Crippen LogP contribution in [0.5, 0.6) is 0 Å². The van der Waals surface area contributed by atoms with Crippen LogP contribution in [0.25, 0.3) is 28.3 Å². The Kier molecular flexibility index (Phi) is 3.66. The minimum Gasteiger partial charge on any atom is -0.479 e. The average molecular weight is 403 g/mol. The van der Waals surface area contributed by atoms with Gasteiger partial charge in [-0.2, -0.15) is 14.6 Å². The number of aryl methyl sites for hydroxylation is 1. The molecule has 0 aliphatic carbocycles. The minimum atomic E-state index is -1.51. The quantitative estimate of drug-likeness (QED) is 0.467. The first kappa shape index (κ1) is 17.9. The van der Waals surface area contributed by atoms with Crippen molar-refractivity contribution in [3.05, 3.63) is 60.0 Å². The van der Waals surface area contributed by atoms with Crippen LogP contribution in [0.3, 0.4) is 0 Å². The van der Waals surface area contributed by atoms with Crippen LogP contribution in [0.1, 0.15) is 18.1 Å². The van der Waals surface area contributed by atoms with Crippen LogP contribution in [-0.2, 0) is 10.3 Å². The second-order valence-electron chi connectivity index (χ2n) is 7.10. The first-order valence-corrected chi connectivity index (χ1v) is 9.15. The molecule has 10 heteroatoms. The van der Waals surface area contributed by atoms with E-state index in [2.05, 4.69) is 20.2 Å². The molecule has 1 atom stereocenters. The van der Waals surface area contributed by atoms with Crippen molar-refractivity contribution in [1.82, 2.24) is 29.4 Å². The number of nitrogen functional groups attached to an aromatic ring is 1. The maximum absolute atomic E-state index is 12.5. The average Bonchev–Trinajstić information content (AvgIpc) is 3.46. The van der Waals surface area contributed by atoms with E-state index in [9.17, 15) is 9.90 Å². The smallest absolute Gasteiger partial charge is 0.336 e. The van der Waals surface area contributed by atoms with Gasteiger partial charge in [-0.1, -0.05) is 24.3 Å². The Hall–Kier alpha value is -4.21. The highest BCUT2D eigenvalue weighted by Crippen LogP contribution is 2.33. The monoisotopic (exact) mass is 403 g/mol. The van der Waals surface area contributed by atoms with Crippen LogP contribution in [-0.4, -0.2) is 40.4 Å². The second-order valence-corrected chi connectivity index (χ2v) is 7.10. The minimum absolute atomic E-state index is 0.0575. The zero-order valence-electron chi connectivity index (χ0n) is 16.1. The van der Waals surface area contributed by atoms with Gasteiger partial charge in [-0.3, -0.25) is 0 Å². The van der Waals surface area contributed by atoms with Crippen molar-refractivity contribution >= 4 is 28.6 Å². The van der Waals surface area contributed by atoms with Gasteiger partial charge < -0.3 is 15.3 Å². The molecule has 0 fully saturated rings. The maximum atomic E-state index is 12.5. The van der Waals surface area contributed by atoms with E-state index in [1.807, 2.05) is 19.1 Å². The van der Waals surface area contributed by atoms with Gasteiger partial charge in [-0.15, -0.1) is 5.10 Å². The lowest BCUT2D eigenvalue weighted by Crippen LogP contribution is -2.41. The fourth-order valence-electron chi connectivity index (χ4n) is 3.69. The number of aliphatic carboxylic acids is 1. The van der Waals surface area contributed by atoms with Gasteiger partial charge in [0.25, 0.3) is 0 Å². The third-order valence-electron chi connectivity index (χ3n) is 5.28. The Morgan fingerprint density at radius 3 is 2.67 bits per heavy atom. The number of hydrogen-bond donors (Lipinski definition) is 2. The fraction of sp³-hybridized carbons (Fsp3) is 0.150. The molecule has 0 saturated heterocycles. The number of fused-ring (bicyclic) bond motifs is 3. The molecule has 0 saturated carbocycles. The van der Waals surface area contributed by atoms with Crippen molar-refractivity contribution in [3.8, 4) is 11.6 Å². The van der Waals surface area contributed by atoms with Gasteiger partial charge in [-0.05, 0) is 37.1 Å². The Balaban J connectivity index is 1.80. The number of hydrogen-bond acceptors (Lipinski definition) is 7. The van der Waals surface area contributed by atoms with Crippen LogP contribution >= 0.6 is 0 Å². The lowest BCUT2D eigenvalue weighted by molar-refractivity contribution is -0.144. The molecule has 150 valence electrons. The molecule has 0 aliphatic heterocycles. The molecule has 4 heterocycles. The van der Waals surface area contributed by atoms with Gasteiger partial charge in [0, 0.05) is 0 Å². The maximum Gasteiger partial charge on any atom is 0.336 e. The Bertz CT molecular complexity index is 1420. The van der Waals surface area contributed by atoms with Crippen LogP contribution in [0.15, 0.2) is 53.3 Å². The van der Waals surface area contributed by atoms with E-state index in [4.69, 9.17) is 10.2 Å². The zero-order valence-corrected chi connectivity index (χ0v) is 16.1. The Morgan fingerprint density at radius 1 is 1.17 bits per heavy atom. The molecule has 30 heavy (non-hydrogen) atoms. The molecule has 4 aromatic heterocycles. The number of carboxylic acid groups (broad SMARTS) is 1. The summed E-state index contributed by atoms with van der Waals surface area (Å²) in [7, 11) is 0. The highest BCUT2D eigenvalue weighted by atomic mass is 16.4. The molecule has 0 aliphatic rings. The standard InChI is InChI=1S/C20H17N7O3/c1-11-6-3-4-7-13(11)20(2,18(28)29)27-17-12(10-22-27)16-23-15(14-8-5-9-30-14)25-26(16)19(21)24-17/h3-10H,1-2H3,(H2,21,24)(H,28,29). The van der Waals surface area contributed by atoms with Crippen LogP contribution in [0, 0.1) is 6.92 Å². The van der Waals surface area contributed by atoms with Gasteiger partial charge in [0.1, 0.15) is 0 Å². The van der Waals surface area contributed by atoms with Crippen LogP contribution < -0.4 is 5.73 Å². The number of furan rings is 1. The highest BCUT2D eigenvalue weighted by molar-refractivity contribution is 5.92. The SMILES string of the molecule is Cc1ccccc1C(C)(C(=O)O)n1ncc2c1nc(N)n1nc(-c3ccco3)nc21. The summed E-state index contributed by atoms with van der Waals surface area (Å²) in [5, 5.41) is 19.4. The fourth-order valence-corrected chi connectivity index (χ4v) is 3.69. The van der Waals surface area contributed by atoms with E-state index in [1.54, 1.807) is 31.2 Å². The largest absolute Gasteiger partial charge is 0.479 e. The predicted molar refractivity (Wildman–Crippen MR) is 108 cm³/mol. The molecule has 1 aromatic carbocycles. The van der Waals surface area contributed by atoms with Gasteiger partial charge in [0.15, 0.2) is 22.6 Å². The number of nitrogens with two attached hydrogens (primary N) is 1. The summed E-state index contributed by atoms with van der Waals surface area (Å²) >= 11 is 0. The summed E-state index contributed by atoms with van der Waals surface area (Å²) < 4.78 is 8.12. The number of aromatic nitrogens is 6. The van der Waals surface area contributed by atoms with E-state index < -0.39 is 11.5 Å². The first-order valence-electron chi connectivity index (χ1n) is 9.15. The summed E-state index contributed by atoms with van der Waals surface area (Å²) in [6.07, 6.45) is 3.05. The summed E-state index contributed by atoms with van der Waals surface area (Å²) in [6.45, 7) is 3.45. The molecule has 1 unspecified atom stereocenters. The lowest BCUT2D eigenvalue weighted by atomic mass is 9.88. The third-order valence-corrected chi connectivity index (χ3v) is 5.28. The van der Waals surface area contributed by atoms with E-state index in [0.29, 0.717) is 33.8 Å². The van der Waals surface area contributed by atoms with Crippen molar-refractivity contribution in [1.29, 1.82) is 0 Å². The molecule has 5 rings (SSSR count). The molecule has 0 bridgehead atoms. The summed E-state index contributed by atoms with van der Waals surface area (Å²) in [4.78, 5) is 21.4. The Labute approximate surface area is 169 Å². The van der Waals surface area contributed by atoms with Crippen LogP contribution in [0.2, 0.25) is 0 Å². The van der Waals surface area contributed by atoms with E-state index in [1.165, 1.54) is 21.7 Å². The van der Waals surface area contributed by atoms with Gasteiger partial charge >= 0.3 is 5.97 Å². The number of nitrogens with zero attached hydrogens (tertiary/aromatic N) is 6. The van der Waals surface area contributed by atoms with E-state index in [-0.39, 0.29) is 5.95 Å². The van der Waals surface area contributed by atoms with E-state index in [0.717, 1.165) is 5.56 Å². The molecule has 3 N–H and O–H groups in total. The number of carboxylic acids is 1. The van der Waals surface area contributed by atoms with Crippen molar-refractivity contribution in [2.24, 2.45) is 0 Å². The predicted octanol–water partition coefficient (Wildman–Crippen LogP) is 2.47. The van der Waals surface area contributed by atoms with Crippen molar-refractivity contribution < 1.29 is 14.3 Å². The molecule has 0 radical (unpaired) electrons. The normalized spacial score (nSPS) is 13.7. The van der Waals surface area contributed by atoms with Crippen molar-refractivity contribution in [2.75, 3.05) is 5.73 Å². The molecular weight excluding hydrogens is 386 g/mol. The Morgan fingerprint density at radius 2 is 1.97 bits per heavy atom. The number of rotatable bonds is 4. The van der Waals surface area contributed by atoms with Gasteiger partial charge in [0.2, 0.25) is 11.8 Å². The number of carbonyl (C=O) groups is 1. The second kappa shape index (κ2) is 6.14. The summed E-state index contributed by atoms with van der Waals surface area (Å²) in [5.74, 6) is -0.190. The van der Waals surface area contributed by atoms with Crippen molar-refractivity contribution in [2.45, 2.75) is 19.4 Å². The van der Waals surface area contributed by atoms with E-state index >= 15 is 0 Å². The van der Waals surface area contributed by atoms with Gasteiger partial charge in [0.05, 0.1) is 17.8 Å². The summed E-state index contributed by atoms with van der Waals surface area (Å²) in [5.41, 5.74) is 6.76. The molecule has 10 nitrogen and oxygen atoms in total. The highest BCUT2D eigenvalue weighted by Gasteiger charge is 2.41. The van der Waals surface area contributed by atoms with Crippen LogP contribution in [0.4, 0.5) is 5.95 Å². The molecule has 0 amide bonds. The number of benzene rings is 1. The molecule has 5 aromatic rings. The molecule has 0 spiro atoms.